The van der Waals surface area contributed by atoms with Gasteiger partial charge in [0, 0.05) is 11.4 Å². The molecule has 0 bridgehead atoms. The second-order valence-electron chi connectivity index (χ2n) is 6.35. The fraction of sp³-hybridized carbons (Fsp3) is 0.130. The summed E-state index contributed by atoms with van der Waals surface area (Å²) in [6.45, 7) is 2.29. The van der Waals surface area contributed by atoms with Gasteiger partial charge in [-0.3, -0.25) is 4.79 Å². The Balaban J connectivity index is 1.52. The number of nitrogens with zero attached hydrogens (tertiary/aromatic N) is 1. The van der Waals surface area contributed by atoms with Gasteiger partial charge in [0.05, 0.1) is 11.6 Å². The molecule has 2 N–H and O–H groups in total. The van der Waals surface area contributed by atoms with Crippen molar-refractivity contribution < 1.29 is 9.53 Å². The van der Waals surface area contributed by atoms with Gasteiger partial charge in [0.1, 0.15) is 18.4 Å². The molecule has 0 saturated heterocycles. The van der Waals surface area contributed by atoms with Crippen LogP contribution in [0.2, 0.25) is 0 Å². The summed E-state index contributed by atoms with van der Waals surface area (Å²) in [6, 6.07) is 25.9. The summed E-state index contributed by atoms with van der Waals surface area (Å²) in [5.41, 5.74) is 3.03. The first kappa shape index (κ1) is 19.0. The van der Waals surface area contributed by atoms with Crippen molar-refractivity contribution in [3.05, 3.63) is 90.0 Å². The van der Waals surface area contributed by atoms with E-state index >= 15 is 0 Å². The van der Waals surface area contributed by atoms with Crippen molar-refractivity contribution in [2.24, 2.45) is 0 Å². The highest BCUT2D eigenvalue weighted by atomic mass is 16.5. The smallest absolute Gasteiger partial charge is 0.246 e. The molecule has 0 aromatic heterocycles. The van der Waals surface area contributed by atoms with Gasteiger partial charge in [-0.2, -0.15) is 5.26 Å². The van der Waals surface area contributed by atoms with E-state index in [1.807, 2.05) is 54.6 Å². The molecular weight excluding hydrogens is 350 g/mol. The van der Waals surface area contributed by atoms with Gasteiger partial charge >= 0.3 is 0 Å². The second-order valence-corrected chi connectivity index (χ2v) is 6.35. The van der Waals surface area contributed by atoms with Crippen molar-refractivity contribution in [1.29, 1.82) is 5.26 Å². The van der Waals surface area contributed by atoms with Gasteiger partial charge in [0.2, 0.25) is 5.91 Å². The number of anilines is 2. The van der Waals surface area contributed by atoms with Crippen LogP contribution in [-0.2, 0) is 11.4 Å². The Hall–Kier alpha value is -3.78. The SMILES string of the molecule is C[C@@H](Nc1ccc(OCc2ccccc2)cc1)C(=O)Nc1cccc(C#N)c1. The molecular formula is C23H21N3O2. The largest absolute Gasteiger partial charge is 0.489 e. The van der Waals surface area contributed by atoms with Crippen LogP contribution in [0, 0.1) is 11.3 Å². The molecule has 0 saturated carbocycles. The molecule has 0 spiro atoms. The van der Waals surface area contributed by atoms with Crippen molar-refractivity contribution in [2.75, 3.05) is 10.6 Å². The number of nitrogens with one attached hydrogen (secondary N) is 2. The molecule has 0 aliphatic heterocycles. The second kappa shape index (κ2) is 9.24. The van der Waals surface area contributed by atoms with E-state index in [1.54, 1.807) is 31.2 Å². The Morgan fingerprint density at radius 2 is 1.75 bits per heavy atom. The summed E-state index contributed by atoms with van der Waals surface area (Å²) in [5, 5.41) is 14.9. The summed E-state index contributed by atoms with van der Waals surface area (Å²) in [6.07, 6.45) is 0. The Morgan fingerprint density at radius 1 is 1.00 bits per heavy atom. The third kappa shape index (κ3) is 5.36. The minimum atomic E-state index is -0.443. The highest BCUT2D eigenvalue weighted by molar-refractivity contribution is 5.96. The number of carbonyl (C=O) groups is 1. The summed E-state index contributed by atoms with van der Waals surface area (Å²) >= 11 is 0. The van der Waals surface area contributed by atoms with Gasteiger partial charge in [0.25, 0.3) is 0 Å². The van der Waals surface area contributed by atoms with Crippen molar-refractivity contribution in [2.45, 2.75) is 19.6 Å². The van der Waals surface area contributed by atoms with E-state index in [0.29, 0.717) is 17.9 Å². The van der Waals surface area contributed by atoms with E-state index in [0.717, 1.165) is 17.0 Å². The topological polar surface area (TPSA) is 74.2 Å². The van der Waals surface area contributed by atoms with Gasteiger partial charge in [-0.15, -0.1) is 0 Å². The van der Waals surface area contributed by atoms with Crippen LogP contribution in [0.5, 0.6) is 5.75 Å². The maximum Gasteiger partial charge on any atom is 0.246 e. The van der Waals surface area contributed by atoms with Gasteiger partial charge in [-0.1, -0.05) is 36.4 Å². The van der Waals surface area contributed by atoms with Crippen LogP contribution >= 0.6 is 0 Å². The van der Waals surface area contributed by atoms with Crippen LogP contribution in [0.25, 0.3) is 0 Å². The summed E-state index contributed by atoms with van der Waals surface area (Å²) in [7, 11) is 0. The molecule has 3 aromatic rings. The molecule has 1 atom stereocenters. The van der Waals surface area contributed by atoms with Gasteiger partial charge in [0.15, 0.2) is 0 Å². The first-order chi connectivity index (χ1) is 13.6. The number of hydrogen-bond acceptors (Lipinski definition) is 4. The lowest BCUT2D eigenvalue weighted by Crippen LogP contribution is -2.31. The average Bonchev–Trinajstić information content (AvgIpc) is 2.74. The van der Waals surface area contributed by atoms with Crippen molar-refractivity contribution in [3.63, 3.8) is 0 Å². The molecule has 140 valence electrons. The number of benzene rings is 3. The molecule has 0 unspecified atom stereocenters. The summed E-state index contributed by atoms with van der Waals surface area (Å²) in [4.78, 5) is 12.4. The minimum Gasteiger partial charge on any atom is -0.489 e. The Bertz CT molecular complexity index is 963. The third-order valence-corrected chi connectivity index (χ3v) is 4.14. The molecule has 3 aromatic carbocycles. The first-order valence-corrected chi connectivity index (χ1v) is 8.98. The predicted molar refractivity (Wildman–Crippen MR) is 110 cm³/mol. The number of hydrogen-bond donors (Lipinski definition) is 2. The van der Waals surface area contributed by atoms with Crippen LogP contribution < -0.4 is 15.4 Å². The zero-order chi connectivity index (χ0) is 19.8. The predicted octanol–water partition coefficient (Wildman–Crippen LogP) is 4.58. The number of amides is 1. The lowest BCUT2D eigenvalue weighted by Gasteiger charge is -2.16. The van der Waals surface area contributed by atoms with Crippen LogP contribution in [0.15, 0.2) is 78.9 Å². The fourth-order valence-corrected chi connectivity index (χ4v) is 2.62. The molecule has 0 fully saturated rings. The zero-order valence-corrected chi connectivity index (χ0v) is 15.6. The maximum atomic E-state index is 12.4. The van der Waals surface area contributed by atoms with Crippen LogP contribution in [-0.4, -0.2) is 11.9 Å². The van der Waals surface area contributed by atoms with Gasteiger partial charge < -0.3 is 15.4 Å². The van der Waals surface area contributed by atoms with E-state index in [9.17, 15) is 4.79 Å². The molecule has 0 heterocycles. The Labute approximate surface area is 164 Å². The first-order valence-electron chi connectivity index (χ1n) is 8.98. The molecule has 0 aliphatic rings. The van der Waals surface area contributed by atoms with Crippen LogP contribution in [0.1, 0.15) is 18.1 Å². The number of carbonyl (C=O) groups excluding carboxylic acids is 1. The minimum absolute atomic E-state index is 0.181. The molecule has 5 heteroatoms. The van der Waals surface area contributed by atoms with Crippen molar-refractivity contribution >= 4 is 17.3 Å². The number of ether oxygens (including phenoxy) is 1. The molecule has 5 nitrogen and oxygen atoms in total. The normalized spacial score (nSPS) is 11.1. The van der Waals surface area contributed by atoms with Crippen molar-refractivity contribution in [3.8, 4) is 11.8 Å². The van der Waals surface area contributed by atoms with Gasteiger partial charge in [-0.25, -0.2) is 0 Å². The standard InChI is InChI=1S/C23H21N3O2/c1-17(23(27)26-21-9-5-8-19(14-21)15-24)25-20-10-12-22(13-11-20)28-16-18-6-3-2-4-7-18/h2-14,17,25H,16H2,1H3,(H,26,27)/t17-/m1/s1. The highest BCUT2D eigenvalue weighted by Crippen LogP contribution is 2.18. The molecule has 0 aliphatic carbocycles. The van der Waals surface area contributed by atoms with Crippen LogP contribution in [0.4, 0.5) is 11.4 Å². The fourth-order valence-electron chi connectivity index (χ4n) is 2.62. The average molecular weight is 371 g/mol. The van der Waals surface area contributed by atoms with E-state index in [-0.39, 0.29) is 5.91 Å². The third-order valence-electron chi connectivity index (χ3n) is 4.14. The molecule has 1 amide bonds. The maximum absolute atomic E-state index is 12.4. The Morgan fingerprint density at radius 3 is 2.46 bits per heavy atom. The Kier molecular flexibility index (Phi) is 6.27. The van der Waals surface area contributed by atoms with E-state index in [1.165, 1.54) is 0 Å². The van der Waals surface area contributed by atoms with Crippen LogP contribution in [0.3, 0.4) is 0 Å². The monoisotopic (exact) mass is 371 g/mol. The zero-order valence-electron chi connectivity index (χ0n) is 15.6. The van der Waals surface area contributed by atoms with E-state index < -0.39 is 6.04 Å². The van der Waals surface area contributed by atoms with Gasteiger partial charge in [-0.05, 0) is 55.0 Å². The summed E-state index contributed by atoms with van der Waals surface area (Å²) in [5.74, 6) is 0.583. The quantitative estimate of drug-likeness (QED) is 0.638. The highest BCUT2D eigenvalue weighted by Gasteiger charge is 2.13. The summed E-state index contributed by atoms with van der Waals surface area (Å²) < 4.78 is 5.77. The number of nitriles is 1. The molecule has 3 rings (SSSR count). The lowest BCUT2D eigenvalue weighted by atomic mass is 10.2. The lowest BCUT2D eigenvalue weighted by molar-refractivity contribution is -0.116. The van der Waals surface area contributed by atoms with E-state index in [4.69, 9.17) is 10.00 Å². The van der Waals surface area contributed by atoms with E-state index in [2.05, 4.69) is 16.7 Å². The molecule has 0 radical (unpaired) electrons. The number of rotatable bonds is 7. The molecule has 28 heavy (non-hydrogen) atoms. The van der Waals surface area contributed by atoms with Crippen molar-refractivity contribution in [1.82, 2.24) is 0 Å².